The number of aromatic nitrogens is 2. The van der Waals surface area contributed by atoms with Crippen LogP contribution in [0.2, 0.25) is 0 Å². The van der Waals surface area contributed by atoms with Gasteiger partial charge in [0.1, 0.15) is 0 Å². The largest absolute Gasteiger partial charge is 0.452 e. The van der Waals surface area contributed by atoms with Gasteiger partial charge >= 0.3 is 6.18 Å². The van der Waals surface area contributed by atoms with E-state index >= 15 is 0 Å². The minimum absolute atomic E-state index is 0.213. The molecule has 0 unspecified atom stereocenters. The van der Waals surface area contributed by atoms with Crippen molar-refractivity contribution in [2.45, 2.75) is 24.4 Å². The summed E-state index contributed by atoms with van der Waals surface area (Å²) >= 11 is 6.52. The van der Waals surface area contributed by atoms with Gasteiger partial charge < -0.3 is 5.32 Å². The Kier molecular flexibility index (Phi) is 3.25. The highest BCUT2D eigenvalue weighted by Crippen LogP contribution is 2.33. The molecular weight excluding hydrogens is 263 g/mol. The summed E-state index contributed by atoms with van der Waals surface area (Å²) in [4.78, 5) is 3.37. The fourth-order valence-electron chi connectivity index (χ4n) is 1.46. The van der Waals surface area contributed by atoms with Crippen molar-refractivity contribution in [3.63, 3.8) is 0 Å². The molecule has 0 spiro atoms. The molecule has 1 heterocycles. The van der Waals surface area contributed by atoms with Gasteiger partial charge in [-0.15, -0.1) is 11.6 Å². The van der Waals surface area contributed by atoms with Crippen molar-refractivity contribution < 1.29 is 13.2 Å². The molecule has 0 radical (unpaired) electrons. The second kappa shape index (κ2) is 4.37. The van der Waals surface area contributed by atoms with Gasteiger partial charge in [-0.1, -0.05) is 0 Å². The highest BCUT2D eigenvalue weighted by molar-refractivity contribution is 7.09. The van der Waals surface area contributed by atoms with Crippen LogP contribution >= 0.6 is 23.1 Å². The number of hydrogen-bond donors (Lipinski definition) is 1. The zero-order valence-corrected chi connectivity index (χ0v) is 9.66. The topological polar surface area (TPSA) is 37.8 Å². The van der Waals surface area contributed by atoms with Crippen molar-refractivity contribution in [3.05, 3.63) is 5.82 Å². The standard InChI is InChI=1S/C8H9ClF3N3S/c9-5-1-4(2-5)3-13-7-14-6(15-16-7)8(10,11)12/h4-5H,1-3H2,(H,13,14,15). The molecule has 0 atom stereocenters. The first-order chi connectivity index (χ1) is 7.45. The average Bonchev–Trinajstić information content (AvgIpc) is 2.58. The lowest BCUT2D eigenvalue weighted by Gasteiger charge is -2.30. The molecule has 2 rings (SSSR count). The number of nitrogens with zero attached hydrogens (tertiary/aromatic N) is 2. The van der Waals surface area contributed by atoms with Gasteiger partial charge in [0, 0.05) is 23.5 Å². The lowest BCUT2D eigenvalue weighted by atomic mass is 9.85. The maximum Gasteiger partial charge on any atom is 0.452 e. The maximum atomic E-state index is 12.2. The minimum atomic E-state index is -4.46. The number of rotatable bonds is 3. The third-order valence-corrected chi connectivity index (χ3v) is 3.43. The van der Waals surface area contributed by atoms with Crippen LogP contribution in [0.1, 0.15) is 18.7 Å². The third-order valence-electron chi connectivity index (χ3n) is 2.40. The molecule has 0 amide bonds. The van der Waals surface area contributed by atoms with Gasteiger partial charge in [-0.3, -0.25) is 0 Å². The van der Waals surface area contributed by atoms with E-state index in [9.17, 15) is 13.2 Å². The van der Waals surface area contributed by atoms with Crippen molar-refractivity contribution in [1.82, 2.24) is 9.36 Å². The first-order valence-corrected chi connectivity index (χ1v) is 5.95. The summed E-state index contributed by atoms with van der Waals surface area (Å²) in [5, 5.41) is 3.27. The molecule has 1 aliphatic rings. The highest BCUT2D eigenvalue weighted by Gasteiger charge is 2.36. The number of nitrogens with one attached hydrogen (secondary N) is 1. The van der Waals surface area contributed by atoms with Gasteiger partial charge in [-0.25, -0.2) is 0 Å². The van der Waals surface area contributed by atoms with Crippen molar-refractivity contribution >= 4 is 28.3 Å². The summed E-state index contributed by atoms with van der Waals surface area (Å²) < 4.78 is 39.7. The molecule has 1 aromatic rings. The van der Waals surface area contributed by atoms with Gasteiger partial charge in [0.2, 0.25) is 11.0 Å². The molecule has 90 valence electrons. The van der Waals surface area contributed by atoms with E-state index in [4.69, 9.17) is 11.6 Å². The smallest absolute Gasteiger partial charge is 0.360 e. The van der Waals surface area contributed by atoms with Crippen molar-refractivity contribution in [1.29, 1.82) is 0 Å². The summed E-state index contributed by atoms with van der Waals surface area (Å²) in [7, 11) is 0. The molecule has 1 aliphatic carbocycles. The van der Waals surface area contributed by atoms with Crippen molar-refractivity contribution in [3.8, 4) is 0 Å². The lowest BCUT2D eigenvalue weighted by Crippen LogP contribution is -2.29. The van der Waals surface area contributed by atoms with Crippen molar-refractivity contribution in [2.24, 2.45) is 5.92 Å². The highest BCUT2D eigenvalue weighted by atomic mass is 35.5. The second-order valence-electron chi connectivity index (χ2n) is 3.74. The molecule has 0 aliphatic heterocycles. The zero-order chi connectivity index (χ0) is 11.8. The Balaban J connectivity index is 1.84. The minimum Gasteiger partial charge on any atom is -0.360 e. The Morgan fingerprint density at radius 1 is 1.44 bits per heavy atom. The predicted octanol–water partition coefficient (Wildman–Crippen LogP) is 2.99. The summed E-state index contributed by atoms with van der Waals surface area (Å²) in [6.45, 7) is 0.607. The van der Waals surface area contributed by atoms with E-state index in [1.807, 2.05) is 0 Å². The summed E-state index contributed by atoms with van der Waals surface area (Å²) in [6.07, 6.45) is -2.66. The molecule has 16 heavy (non-hydrogen) atoms. The van der Waals surface area contributed by atoms with E-state index in [1.165, 1.54) is 0 Å². The van der Waals surface area contributed by atoms with Crippen LogP contribution in [0.5, 0.6) is 0 Å². The third kappa shape index (κ3) is 2.76. The second-order valence-corrected chi connectivity index (χ2v) is 5.11. The molecule has 8 heteroatoms. The van der Waals surface area contributed by atoms with Crippen LogP contribution in [-0.2, 0) is 6.18 Å². The van der Waals surface area contributed by atoms with Gasteiger partial charge in [-0.05, 0) is 18.8 Å². The van der Waals surface area contributed by atoms with E-state index < -0.39 is 12.0 Å². The Bertz CT molecular complexity index is 362. The molecule has 0 bridgehead atoms. The molecule has 1 aromatic heterocycles. The Hall–Kier alpha value is -0.560. The molecule has 3 nitrogen and oxygen atoms in total. The Morgan fingerprint density at radius 2 is 2.12 bits per heavy atom. The summed E-state index contributed by atoms with van der Waals surface area (Å²) in [6, 6.07) is 0. The molecule has 0 aromatic carbocycles. The number of hydrogen-bond acceptors (Lipinski definition) is 4. The fraction of sp³-hybridized carbons (Fsp3) is 0.750. The quantitative estimate of drug-likeness (QED) is 0.859. The van der Waals surface area contributed by atoms with E-state index in [1.54, 1.807) is 0 Å². The van der Waals surface area contributed by atoms with Crippen molar-refractivity contribution in [2.75, 3.05) is 11.9 Å². The van der Waals surface area contributed by atoms with Gasteiger partial charge in [-0.2, -0.15) is 22.5 Å². The van der Waals surface area contributed by atoms with Crippen LogP contribution < -0.4 is 5.32 Å². The van der Waals surface area contributed by atoms with Crippen LogP contribution in [0.3, 0.4) is 0 Å². The SMILES string of the molecule is FC(F)(F)c1nsc(NCC2CC(Cl)C2)n1. The monoisotopic (exact) mass is 271 g/mol. The van der Waals surface area contributed by atoms with E-state index in [0.717, 1.165) is 24.4 Å². The van der Waals surface area contributed by atoms with Crippen LogP contribution in [-0.4, -0.2) is 21.3 Å². The van der Waals surface area contributed by atoms with Gasteiger partial charge in [0.15, 0.2) is 0 Å². The van der Waals surface area contributed by atoms with E-state index in [2.05, 4.69) is 14.7 Å². The molecule has 0 saturated heterocycles. The maximum absolute atomic E-state index is 12.2. The van der Waals surface area contributed by atoms with Crippen LogP contribution in [0.15, 0.2) is 0 Å². The summed E-state index contributed by atoms with van der Waals surface area (Å²) in [5.74, 6) is -0.649. The van der Waals surface area contributed by atoms with Crippen LogP contribution in [0.4, 0.5) is 18.3 Å². The van der Waals surface area contributed by atoms with E-state index in [-0.39, 0.29) is 10.5 Å². The normalized spacial score (nSPS) is 25.2. The average molecular weight is 272 g/mol. The Labute approximate surface area is 99.2 Å². The van der Waals surface area contributed by atoms with Gasteiger partial charge in [0.05, 0.1) is 0 Å². The van der Waals surface area contributed by atoms with Gasteiger partial charge in [0.25, 0.3) is 0 Å². The predicted molar refractivity (Wildman–Crippen MR) is 55.8 cm³/mol. The number of halogens is 4. The lowest BCUT2D eigenvalue weighted by molar-refractivity contribution is -0.144. The molecular formula is C8H9ClF3N3S. The molecule has 1 fully saturated rings. The van der Waals surface area contributed by atoms with Crippen LogP contribution in [0.25, 0.3) is 0 Å². The molecule has 1 N–H and O–H groups in total. The molecule has 1 saturated carbocycles. The number of anilines is 1. The van der Waals surface area contributed by atoms with Crippen LogP contribution in [0, 0.1) is 5.92 Å². The first kappa shape index (κ1) is 11.9. The summed E-state index contributed by atoms with van der Waals surface area (Å²) in [5.41, 5.74) is 0. The first-order valence-electron chi connectivity index (χ1n) is 4.74. The Morgan fingerprint density at radius 3 is 2.62 bits per heavy atom. The number of alkyl halides is 4. The fourth-order valence-corrected chi connectivity index (χ4v) is 2.56. The zero-order valence-electron chi connectivity index (χ0n) is 8.09. The van der Waals surface area contributed by atoms with E-state index in [0.29, 0.717) is 12.5 Å².